The highest BCUT2D eigenvalue weighted by molar-refractivity contribution is 5.76. The second kappa shape index (κ2) is 15.0. The van der Waals surface area contributed by atoms with Crippen LogP contribution < -0.4 is 0 Å². The Labute approximate surface area is 334 Å². The van der Waals surface area contributed by atoms with Crippen LogP contribution in [0.25, 0.3) is 0 Å². The molecule has 0 unspecified atom stereocenters. The van der Waals surface area contributed by atoms with E-state index in [2.05, 4.69) is 34.3 Å². The molecule has 324 valence electrons. The van der Waals surface area contributed by atoms with Gasteiger partial charge in [-0.1, -0.05) is 39.8 Å². The molecule has 0 amide bonds. The van der Waals surface area contributed by atoms with Crippen LogP contribution >= 0.6 is 0 Å². The van der Waals surface area contributed by atoms with Crippen LogP contribution in [0.1, 0.15) is 98.8 Å². The maximum absolute atomic E-state index is 13.1. The first kappa shape index (κ1) is 43.3. The molecule has 7 rings (SSSR count). The predicted molar refractivity (Wildman–Crippen MR) is 200 cm³/mol. The number of hydrogen-bond acceptors (Lipinski definition) is 13. The van der Waals surface area contributed by atoms with Gasteiger partial charge in [0, 0.05) is 5.41 Å². The standard InChI is InChI=1S/C42H66O15/c1-19(2)20-9-14-42(37(52)53)16-15-40(5)21(26(20)42)7-8-24-38(3)12-11-25(39(4,18-44)23(38)10-13-41(24,40)6)55-36-31(49)32(30(48)33(57-36)34(50)51)56-35-29(47)28(46)27(45)22(17-43)54-35/h20-33,35-36,43-49H,1,7-18H2,2-6H3,(H,50,51)(H,52,53)/t20-,21+,22+,23+,24+,25-,26+,27+,28-,29+,30-,31+,32-,33-,35-,36+,38-,39-,40+,41+,42-/m0/s1. The van der Waals surface area contributed by atoms with Crippen molar-refractivity contribution in [3.05, 3.63) is 12.2 Å². The van der Waals surface area contributed by atoms with E-state index < -0.39 is 96.9 Å². The molecule has 7 fully saturated rings. The first-order chi connectivity index (χ1) is 26.7. The third kappa shape index (κ3) is 6.22. The molecule has 0 aromatic carbocycles. The van der Waals surface area contributed by atoms with E-state index in [1.165, 1.54) is 0 Å². The van der Waals surface area contributed by atoms with Gasteiger partial charge in [-0.15, -0.1) is 0 Å². The number of carboxylic acid groups (broad SMARTS) is 2. The molecule has 0 spiro atoms. The van der Waals surface area contributed by atoms with Gasteiger partial charge in [-0.3, -0.25) is 4.79 Å². The molecule has 0 aromatic rings. The summed E-state index contributed by atoms with van der Waals surface area (Å²) in [5.74, 6) is -1.52. The van der Waals surface area contributed by atoms with Crippen molar-refractivity contribution < 1.29 is 74.5 Å². The van der Waals surface area contributed by atoms with Crippen LogP contribution in [-0.2, 0) is 28.5 Å². The van der Waals surface area contributed by atoms with Gasteiger partial charge in [0.25, 0.3) is 0 Å². The van der Waals surface area contributed by atoms with Gasteiger partial charge in [0.05, 0.1) is 24.7 Å². The minimum atomic E-state index is -1.98. The lowest BCUT2D eigenvalue weighted by atomic mass is 9.32. The second-order valence-corrected chi connectivity index (χ2v) is 20.0. The monoisotopic (exact) mass is 810 g/mol. The summed E-state index contributed by atoms with van der Waals surface area (Å²) < 4.78 is 23.3. The summed E-state index contributed by atoms with van der Waals surface area (Å²) in [5, 5.41) is 95.4. The van der Waals surface area contributed by atoms with Crippen molar-refractivity contribution in [1.82, 2.24) is 0 Å². The predicted octanol–water partition coefficient (Wildman–Crippen LogP) is 1.80. The van der Waals surface area contributed by atoms with E-state index in [1.54, 1.807) is 0 Å². The lowest BCUT2D eigenvalue weighted by molar-refractivity contribution is -0.367. The first-order valence-corrected chi connectivity index (χ1v) is 21.0. The Hall–Kier alpha value is -1.76. The highest BCUT2D eigenvalue weighted by Crippen LogP contribution is 2.77. The third-order valence-corrected chi connectivity index (χ3v) is 17.8. The number of carboxylic acids is 2. The van der Waals surface area contributed by atoms with Crippen LogP contribution in [-0.4, -0.2) is 139 Å². The Morgan fingerprint density at radius 2 is 1.40 bits per heavy atom. The fraction of sp³-hybridized carbons (Fsp3) is 0.905. The number of hydrogen-bond donors (Lipinski definition) is 9. The van der Waals surface area contributed by atoms with Gasteiger partial charge in [0.2, 0.25) is 0 Å². The molecule has 0 bridgehead atoms. The van der Waals surface area contributed by atoms with E-state index in [9.17, 15) is 55.5 Å². The minimum absolute atomic E-state index is 0.0360. The molecule has 2 saturated heterocycles. The molecule has 2 aliphatic heterocycles. The summed E-state index contributed by atoms with van der Waals surface area (Å²) in [5.41, 5.74) is -0.931. The number of carbonyl (C=O) groups is 2. The SMILES string of the molecule is C=C(C)[C@@H]1CC[C@]2(C(=O)O)CC[C@]3(C)[C@H](CC[C@@H]4[C@@]5(C)CC[C@H](O[C@@H]6O[C@H](C(=O)O)[C@@H](O)[C@H](O[C@@H]7O[C@H](CO)[C@@H](O)[C@H](O)[C@H]7O)[C@H]6O)[C@@](C)(CO)[C@@H]5CC[C@]43C)[C@@H]12. The van der Waals surface area contributed by atoms with Crippen LogP contribution in [0.3, 0.4) is 0 Å². The van der Waals surface area contributed by atoms with Crippen LogP contribution in [0.4, 0.5) is 0 Å². The van der Waals surface area contributed by atoms with Gasteiger partial charge >= 0.3 is 11.9 Å². The number of aliphatic hydroxyl groups excluding tert-OH is 7. The Kier molecular flexibility index (Phi) is 11.4. The number of aliphatic carboxylic acids is 2. The molecule has 21 atom stereocenters. The highest BCUT2D eigenvalue weighted by Gasteiger charge is 2.72. The Bertz CT molecular complexity index is 1560. The summed E-state index contributed by atoms with van der Waals surface area (Å²) in [7, 11) is 0. The Morgan fingerprint density at radius 1 is 0.719 bits per heavy atom. The van der Waals surface area contributed by atoms with E-state index in [0.717, 1.165) is 44.1 Å². The summed E-state index contributed by atoms with van der Waals surface area (Å²) >= 11 is 0. The zero-order valence-electron chi connectivity index (χ0n) is 33.9. The number of ether oxygens (including phenoxy) is 4. The summed E-state index contributed by atoms with van der Waals surface area (Å²) in [6.45, 7) is 14.5. The van der Waals surface area contributed by atoms with Crippen molar-refractivity contribution in [2.45, 2.75) is 166 Å². The number of fused-ring (bicyclic) bond motifs is 7. The summed E-state index contributed by atoms with van der Waals surface area (Å²) in [4.78, 5) is 25.4. The number of rotatable bonds is 9. The van der Waals surface area contributed by atoms with Crippen LogP contribution in [0.15, 0.2) is 12.2 Å². The van der Waals surface area contributed by atoms with Gasteiger partial charge in [-0.05, 0) is 117 Å². The van der Waals surface area contributed by atoms with E-state index in [0.29, 0.717) is 25.7 Å². The molecule has 7 aliphatic rings. The Morgan fingerprint density at radius 3 is 2.02 bits per heavy atom. The average Bonchev–Trinajstić information content (AvgIpc) is 3.57. The quantitative estimate of drug-likeness (QED) is 0.119. The summed E-state index contributed by atoms with van der Waals surface area (Å²) in [6, 6.07) is 0. The van der Waals surface area contributed by atoms with Crippen molar-refractivity contribution in [3.8, 4) is 0 Å². The van der Waals surface area contributed by atoms with Crippen LogP contribution in [0.5, 0.6) is 0 Å². The molecule has 57 heavy (non-hydrogen) atoms. The topological polar surface area (TPSA) is 253 Å². The van der Waals surface area contributed by atoms with Gasteiger partial charge in [0.1, 0.15) is 42.7 Å². The Balaban J connectivity index is 1.13. The van der Waals surface area contributed by atoms with E-state index in [1.807, 2.05) is 6.92 Å². The third-order valence-electron chi connectivity index (χ3n) is 17.8. The lowest BCUT2D eigenvalue weighted by Gasteiger charge is -2.73. The maximum atomic E-state index is 13.1. The fourth-order valence-corrected chi connectivity index (χ4v) is 14.6. The number of allylic oxidation sites excluding steroid dienone is 1. The van der Waals surface area contributed by atoms with Crippen molar-refractivity contribution in [1.29, 1.82) is 0 Å². The molecule has 2 heterocycles. The molecular weight excluding hydrogens is 744 g/mol. The molecule has 0 radical (unpaired) electrons. The normalized spacial score (nSPS) is 54.8. The van der Waals surface area contributed by atoms with Crippen molar-refractivity contribution >= 4 is 11.9 Å². The minimum Gasteiger partial charge on any atom is -0.481 e. The maximum Gasteiger partial charge on any atom is 0.335 e. The molecule has 0 aromatic heterocycles. The van der Waals surface area contributed by atoms with E-state index >= 15 is 0 Å². The lowest BCUT2D eigenvalue weighted by Crippen LogP contribution is -2.69. The largest absolute Gasteiger partial charge is 0.481 e. The van der Waals surface area contributed by atoms with Crippen molar-refractivity contribution in [2.75, 3.05) is 13.2 Å². The van der Waals surface area contributed by atoms with Crippen LogP contribution in [0.2, 0.25) is 0 Å². The molecule has 5 aliphatic carbocycles. The van der Waals surface area contributed by atoms with E-state index in [4.69, 9.17) is 18.9 Å². The van der Waals surface area contributed by atoms with Crippen molar-refractivity contribution in [2.24, 2.45) is 56.7 Å². The zero-order chi connectivity index (χ0) is 41.8. The number of aliphatic hydroxyl groups is 7. The smallest absolute Gasteiger partial charge is 0.335 e. The van der Waals surface area contributed by atoms with E-state index in [-0.39, 0.29) is 52.4 Å². The molecular formula is C42H66O15. The second-order valence-electron chi connectivity index (χ2n) is 20.0. The van der Waals surface area contributed by atoms with Gasteiger partial charge in [-0.2, -0.15) is 0 Å². The molecule has 9 N–H and O–H groups in total. The van der Waals surface area contributed by atoms with Gasteiger partial charge in [0.15, 0.2) is 18.7 Å². The molecule has 15 heteroatoms. The molecule has 15 nitrogen and oxygen atoms in total. The van der Waals surface area contributed by atoms with Crippen LogP contribution in [0, 0.1) is 56.7 Å². The van der Waals surface area contributed by atoms with Gasteiger partial charge < -0.3 is 64.9 Å². The fourth-order valence-electron chi connectivity index (χ4n) is 14.6. The average molecular weight is 811 g/mol. The van der Waals surface area contributed by atoms with Gasteiger partial charge in [-0.25, -0.2) is 4.79 Å². The van der Waals surface area contributed by atoms with Crippen molar-refractivity contribution in [3.63, 3.8) is 0 Å². The molecule has 5 saturated carbocycles. The summed E-state index contributed by atoms with van der Waals surface area (Å²) in [6.07, 6.45) is -10.7. The highest BCUT2D eigenvalue weighted by atomic mass is 16.7. The first-order valence-electron chi connectivity index (χ1n) is 21.0. The zero-order valence-corrected chi connectivity index (χ0v) is 33.9.